The first-order chi connectivity index (χ1) is 10.3. The molecule has 2 aromatic carbocycles. The van der Waals surface area contributed by atoms with E-state index in [-0.39, 0.29) is 0 Å². The van der Waals surface area contributed by atoms with E-state index in [9.17, 15) is 5.11 Å². The highest BCUT2D eigenvalue weighted by Crippen LogP contribution is 2.35. The SMILES string of the molecule is OC(c1ccc2c(c1)OCCO2)c1cccc2[nH]ccc12. The summed E-state index contributed by atoms with van der Waals surface area (Å²) in [6.45, 7) is 1.11. The van der Waals surface area contributed by atoms with E-state index in [4.69, 9.17) is 9.47 Å². The maximum absolute atomic E-state index is 10.7. The van der Waals surface area contributed by atoms with Gasteiger partial charge in [-0.3, -0.25) is 0 Å². The summed E-state index contributed by atoms with van der Waals surface area (Å²) < 4.78 is 11.1. The van der Waals surface area contributed by atoms with Crippen LogP contribution in [0.2, 0.25) is 0 Å². The van der Waals surface area contributed by atoms with Gasteiger partial charge >= 0.3 is 0 Å². The minimum atomic E-state index is -0.694. The molecule has 2 N–H and O–H groups in total. The molecular formula is C17H15NO3. The Morgan fingerprint density at radius 1 is 1.00 bits per heavy atom. The van der Waals surface area contributed by atoms with Gasteiger partial charge in [0.1, 0.15) is 19.3 Å². The maximum atomic E-state index is 10.7. The smallest absolute Gasteiger partial charge is 0.161 e. The highest BCUT2D eigenvalue weighted by molar-refractivity contribution is 5.83. The molecule has 2 heterocycles. The van der Waals surface area contributed by atoms with Crippen LogP contribution in [0.4, 0.5) is 0 Å². The molecule has 1 aliphatic rings. The second kappa shape index (κ2) is 4.82. The third-order valence-corrected chi connectivity index (χ3v) is 3.81. The third-order valence-electron chi connectivity index (χ3n) is 3.81. The number of rotatable bonds is 2. The number of aliphatic hydroxyl groups is 1. The zero-order chi connectivity index (χ0) is 14.2. The molecule has 0 radical (unpaired) electrons. The monoisotopic (exact) mass is 281 g/mol. The van der Waals surface area contributed by atoms with Crippen LogP contribution in [0.1, 0.15) is 17.2 Å². The van der Waals surface area contributed by atoms with Crippen LogP contribution in [0, 0.1) is 0 Å². The fourth-order valence-electron chi connectivity index (χ4n) is 2.76. The number of H-pyrrole nitrogens is 1. The molecule has 106 valence electrons. The van der Waals surface area contributed by atoms with Crippen LogP contribution in [0.25, 0.3) is 10.9 Å². The summed E-state index contributed by atoms with van der Waals surface area (Å²) in [6.07, 6.45) is 1.19. The van der Waals surface area contributed by atoms with Crippen LogP contribution in [-0.4, -0.2) is 23.3 Å². The van der Waals surface area contributed by atoms with Crippen molar-refractivity contribution in [1.82, 2.24) is 4.98 Å². The van der Waals surface area contributed by atoms with E-state index < -0.39 is 6.10 Å². The first kappa shape index (κ1) is 12.3. The molecule has 0 amide bonds. The molecular weight excluding hydrogens is 266 g/mol. The molecule has 0 bridgehead atoms. The normalized spacial score (nSPS) is 15.1. The largest absolute Gasteiger partial charge is 0.486 e. The van der Waals surface area contributed by atoms with Crippen molar-refractivity contribution in [1.29, 1.82) is 0 Å². The van der Waals surface area contributed by atoms with Gasteiger partial charge in [0.2, 0.25) is 0 Å². The van der Waals surface area contributed by atoms with Crippen molar-refractivity contribution in [3.05, 3.63) is 59.8 Å². The maximum Gasteiger partial charge on any atom is 0.161 e. The van der Waals surface area contributed by atoms with Gasteiger partial charge in [-0.05, 0) is 35.4 Å². The lowest BCUT2D eigenvalue weighted by Crippen LogP contribution is -2.15. The van der Waals surface area contributed by atoms with Gasteiger partial charge in [-0.1, -0.05) is 18.2 Å². The molecule has 1 aliphatic heterocycles. The minimum Gasteiger partial charge on any atom is -0.486 e. The number of ether oxygens (including phenoxy) is 2. The number of benzene rings is 2. The van der Waals surface area contributed by atoms with Crippen LogP contribution in [0.15, 0.2) is 48.7 Å². The molecule has 0 aliphatic carbocycles. The van der Waals surface area contributed by atoms with Crippen molar-refractivity contribution in [2.45, 2.75) is 6.10 Å². The summed E-state index contributed by atoms with van der Waals surface area (Å²) in [5.41, 5.74) is 2.70. The van der Waals surface area contributed by atoms with Gasteiger partial charge in [-0.15, -0.1) is 0 Å². The molecule has 0 fully saturated rings. The number of hydrogen-bond donors (Lipinski definition) is 2. The van der Waals surface area contributed by atoms with Crippen LogP contribution in [0.5, 0.6) is 11.5 Å². The molecule has 0 saturated carbocycles. The number of fused-ring (bicyclic) bond motifs is 2. The fraction of sp³-hybridized carbons (Fsp3) is 0.176. The van der Waals surface area contributed by atoms with Crippen LogP contribution >= 0.6 is 0 Å². The number of aliphatic hydroxyl groups excluding tert-OH is 1. The second-order valence-electron chi connectivity index (χ2n) is 5.09. The van der Waals surface area contributed by atoms with Crippen molar-refractivity contribution < 1.29 is 14.6 Å². The summed E-state index contributed by atoms with van der Waals surface area (Å²) in [5.74, 6) is 1.43. The van der Waals surface area contributed by atoms with E-state index in [1.165, 1.54) is 0 Å². The van der Waals surface area contributed by atoms with Gasteiger partial charge in [0.15, 0.2) is 11.5 Å². The lowest BCUT2D eigenvalue weighted by Gasteiger charge is -2.20. The zero-order valence-electron chi connectivity index (χ0n) is 11.4. The van der Waals surface area contributed by atoms with Crippen LogP contribution < -0.4 is 9.47 Å². The lowest BCUT2D eigenvalue weighted by atomic mass is 9.98. The number of nitrogens with one attached hydrogen (secondary N) is 1. The molecule has 4 heteroatoms. The average Bonchev–Trinajstić information content (AvgIpc) is 3.02. The standard InChI is InChI=1S/C17H15NO3/c19-17(13-2-1-3-14-12(13)6-7-18-14)11-4-5-15-16(10-11)21-9-8-20-15/h1-7,10,17-19H,8-9H2. The molecule has 21 heavy (non-hydrogen) atoms. The van der Waals surface area contributed by atoms with E-state index in [0.717, 1.165) is 27.8 Å². The topological polar surface area (TPSA) is 54.5 Å². The fourth-order valence-corrected chi connectivity index (χ4v) is 2.76. The van der Waals surface area contributed by atoms with E-state index in [1.54, 1.807) is 0 Å². The van der Waals surface area contributed by atoms with Gasteiger partial charge in [0, 0.05) is 17.1 Å². The third kappa shape index (κ3) is 2.04. The Balaban J connectivity index is 1.77. The predicted octanol–water partition coefficient (Wildman–Crippen LogP) is 3.02. The average molecular weight is 281 g/mol. The van der Waals surface area contributed by atoms with Crippen LogP contribution in [-0.2, 0) is 0 Å². The Bertz CT molecular complexity index is 794. The van der Waals surface area contributed by atoms with E-state index in [2.05, 4.69) is 4.98 Å². The molecule has 1 aromatic heterocycles. The van der Waals surface area contributed by atoms with Gasteiger partial charge < -0.3 is 19.6 Å². The van der Waals surface area contributed by atoms with Gasteiger partial charge in [-0.25, -0.2) is 0 Å². The second-order valence-corrected chi connectivity index (χ2v) is 5.09. The number of aromatic amines is 1. The molecule has 0 spiro atoms. The van der Waals surface area contributed by atoms with E-state index >= 15 is 0 Å². The molecule has 4 rings (SSSR count). The zero-order valence-corrected chi connectivity index (χ0v) is 11.4. The van der Waals surface area contributed by atoms with Crippen molar-refractivity contribution in [2.24, 2.45) is 0 Å². The lowest BCUT2D eigenvalue weighted by molar-refractivity contribution is 0.169. The first-order valence-electron chi connectivity index (χ1n) is 6.96. The number of aromatic nitrogens is 1. The Morgan fingerprint density at radius 3 is 2.76 bits per heavy atom. The molecule has 1 unspecified atom stereocenters. The molecule has 4 nitrogen and oxygen atoms in total. The highest BCUT2D eigenvalue weighted by atomic mass is 16.6. The van der Waals surface area contributed by atoms with Gasteiger partial charge in [-0.2, -0.15) is 0 Å². The summed E-state index contributed by atoms with van der Waals surface area (Å²) in [7, 11) is 0. The van der Waals surface area contributed by atoms with E-state index in [0.29, 0.717) is 19.0 Å². The Morgan fingerprint density at radius 2 is 1.86 bits per heavy atom. The minimum absolute atomic E-state index is 0.542. The van der Waals surface area contributed by atoms with Crippen molar-refractivity contribution in [2.75, 3.05) is 13.2 Å². The Hall–Kier alpha value is -2.46. The van der Waals surface area contributed by atoms with Crippen molar-refractivity contribution in [3.63, 3.8) is 0 Å². The molecule has 0 saturated heterocycles. The molecule has 1 atom stereocenters. The van der Waals surface area contributed by atoms with Gasteiger partial charge in [0.25, 0.3) is 0 Å². The summed E-state index contributed by atoms with van der Waals surface area (Å²) in [4.78, 5) is 3.16. The molecule has 3 aromatic rings. The Kier molecular flexibility index (Phi) is 2.82. The Labute approximate surface area is 121 Å². The van der Waals surface area contributed by atoms with Crippen molar-refractivity contribution in [3.8, 4) is 11.5 Å². The number of hydrogen-bond acceptors (Lipinski definition) is 3. The van der Waals surface area contributed by atoms with Gasteiger partial charge in [0.05, 0.1) is 0 Å². The summed E-state index contributed by atoms with van der Waals surface area (Å²) in [6, 6.07) is 13.4. The summed E-state index contributed by atoms with van der Waals surface area (Å²) in [5, 5.41) is 11.7. The predicted molar refractivity (Wildman–Crippen MR) is 79.8 cm³/mol. The summed E-state index contributed by atoms with van der Waals surface area (Å²) >= 11 is 0. The first-order valence-corrected chi connectivity index (χ1v) is 6.96. The van der Waals surface area contributed by atoms with E-state index in [1.807, 2.05) is 48.7 Å². The van der Waals surface area contributed by atoms with Crippen LogP contribution in [0.3, 0.4) is 0 Å². The quantitative estimate of drug-likeness (QED) is 0.759. The highest BCUT2D eigenvalue weighted by Gasteiger charge is 2.18. The van der Waals surface area contributed by atoms with Crippen molar-refractivity contribution >= 4 is 10.9 Å².